The summed E-state index contributed by atoms with van der Waals surface area (Å²) in [4.78, 5) is 2.50. The molecule has 2 aromatic carbocycles. The number of rotatable bonds is 4. The third-order valence-electron chi connectivity index (χ3n) is 4.14. The van der Waals surface area contributed by atoms with Crippen molar-refractivity contribution in [1.29, 1.82) is 0 Å². The van der Waals surface area contributed by atoms with Gasteiger partial charge in [-0.05, 0) is 18.6 Å². The molecule has 2 aromatic rings. The molecule has 0 bridgehead atoms. The van der Waals surface area contributed by atoms with Crippen molar-refractivity contribution in [2.75, 3.05) is 26.2 Å². The van der Waals surface area contributed by atoms with Crippen molar-refractivity contribution in [3.8, 4) is 0 Å². The van der Waals surface area contributed by atoms with Crippen molar-refractivity contribution < 1.29 is 0 Å². The first-order valence-electron chi connectivity index (χ1n) is 8.02. The number of hydrogen-bond donors (Lipinski definition) is 0. The molecule has 0 atom stereocenters. The van der Waals surface area contributed by atoms with Crippen LogP contribution in [-0.4, -0.2) is 42.3 Å². The zero-order chi connectivity index (χ0) is 16.1. The van der Waals surface area contributed by atoms with Crippen LogP contribution in [0.3, 0.4) is 0 Å². The second-order valence-corrected chi connectivity index (χ2v) is 6.84. The van der Waals surface area contributed by atoms with E-state index in [1.807, 2.05) is 24.4 Å². The van der Waals surface area contributed by atoms with Crippen molar-refractivity contribution in [3.63, 3.8) is 0 Å². The van der Waals surface area contributed by atoms with Gasteiger partial charge in [0.2, 0.25) is 0 Å². The van der Waals surface area contributed by atoms with Gasteiger partial charge in [0.15, 0.2) is 0 Å². The number of hydrogen-bond acceptors (Lipinski definition) is 3. The van der Waals surface area contributed by atoms with Gasteiger partial charge < -0.3 is 0 Å². The van der Waals surface area contributed by atoms with Crippen LogP contribution in [0.5, 0.6) is 0 Å². The molecular weight excluding hydrogens is 350 g/mol. The van der Waals surface area contributed by atoms with Gasteiger partial charge in [-0.1, -0.05) is 64.0 Å². The summed E-state index contributed by atoms with van der Waals surface area (Å²) in [6, 6.07) is 17.0. The van der Waals surface area contributed by atoms with Crippen LogP contribution in [0.15, 0.2) is 58.1 Å². The van der Waals surface area contributed by atoms with Gasteiger partial charge >= 0.3 is 0 Å². The second-order valence-electron chi connectivity index (χ2n) is 5.98. The van der Waals surface area contributed by atoms with Crippen LogP contribution in [0.2, 0.25) is 0 Å². The molecule has 0 radical (unpaired) electrons. The number of hydrazone groups is 1. The fraction of sp³-hybridized carbons (Fsp3) is 0.316. The monoisotopic (exact) mass is 371 g/mol. The number of halogens is 1. The normalized spacial score (nSPS) is 16.2. The van der Waals surface area contributed by atoms with Crippen LogP contribution >= 0.6 is 15.9 Å². The lowest BCUT2D eigenvalue weighted by atomic mass is 10.1. The van der Waals surface area contributed by atoms with E-state index < -0.39 is 0 Å². The zero-order valence-corrected chi connectivity index (χ0v) is 15.0. The number of aryl methyl sites for hydroxylation is 1. The summed E-state index contributed by atoms with van der Waals surface area (Å²) >= 11 is 3.55. The van der Waals surface area contributed by atoms with Crippen LogP contribution in [0.25, 0.3) is 0 Å². The topological polar surface area (TPSA) is 18.8 Å². The molecule has 3 nitrogen and oxygen atoms in total. The Labute approximate surface area is 146 Å². The van der Waals surface area contributed by atoms with Crippen molar-refractivity contribution >= 4 is 22.1 Å². The zero-order valence-electron chi connectivity index (χ0n) is 13.5. The SMILES string of the molecule is Cc1ccc(CN2CCN(/N=C/c3ccccc3Br)CC2)cc1. The lowest BCUT2D eigenvalue weighted by molar-refractivity contribution is 0.131. The smallest absolute Gasteiger partial charge is 0.0554 e. The van der Waals surface area contributed by atoms with E-state index in [1.54, 1.807) is 0 Å². The molecule has 1 fully saturated rings. The Balaban J connectivity index is 1.50. The maximum absolute atomic E-state index is 4.62. The molecular formula is C19H22BrN3. The first-order valence-corrected chi connectivity index (χ1v) is 8.81. The second kappa shape index (κ2) is 7.75. The highest BCUT2D eigenvalue weighted by Crippen LogP contribution is 2.14. The van der Waals surface area contributed by atoms with Crippen LogP contribution < -0.4 is 0 Å². The van der Waals surface area contributed by atoms with Gasteiger partial charge in [0.1, 0.15) is 0 Å². The average Bonchev–Trinajstić information content (AvgIpc) is 2.58. The predicted octanol–water partition coefficient (Wildman–Crippen LogP) is 3.91. The van der Waals surface area contributed by atoms with E-state index in [2.05, 4.69) is 68.2 Å². The third-order valence-corrected chi connectivity index (χ3v) is 4.86. The summed E-state index contributed by atoms with van der Waals surface area (Å²) < 4.78 is 1.08. The fourth-order valence-corrected chi connectivity index (χ4v) is 3.07. The molecule has 3 rings (SSSR count). The van der Waals surface area contributed by atoms with Crippen molar-refractivity contribution in [1.82, 2.24) is 9.91 Å². The lowest BCUT2D eigenvalue weighted by Crippen LogP contribution is -2.43. The van der Waals surface area contributed by atoms with Crippen molar-refractivity contribution in [2.24, 2.45) is 5.10 Å². The Bertz CT molecular complexity index is 659. The molecule has 1 heterocycles. The van der Waals surface area contributed by atoms with E-state index in [4.69, 9.17) is 0 Å². The van der Waals surface area contributed by atoms with Gasteiger partial charge in [-0.15, -0.1) is 0 Å². The average molecular weight is 372 g/mol. The van der Waals surface area contributed by atoms with Crippen LogP contribution in [0.4, 0.5) is 0 Å². The Hall–Kier alpha value is -1.65. The van der Waals surface area contributed by atoms with Gasteiger partial charge in [0.25, 0.3) is 0 Å². The van der Waals surface area contributed by atoms with E-state index in [0.717, 1.165) is 42.8 Å². The quantitative estimate of drug-likeness (QED) is 0.758. The molecule has 1 saturated heterocycles. The maximum Gasteiger partial charge on any atom is 0.0554 e. The lowest BCUT2D eigenvalue weighted by Gasteiger charge is -2.33. The van der Waals surface area contributed by atoms with Gasteiger partial charge in [-0.3, -0.25) is 9.91 Å². The number of nitrogens with zero attached hydrogens (tertiary/aromatic N) is 3. The van der Waals surface area contributed by atoms with E-state index in [0.29, 0.717) is 0 Å². The predicted molar refractivity (Wildman–Crippen MR) is 99.8 cm³/mol. The minimum Gasteiger partial charge on any atom is -0.295 e. The maximum atomic E-state index is 4.62. The van der Waals surface area contributed by atoms with E-state index in [1.165, 1.54) is 11.1 Å². The number of benzene rings is 2. The molecule has 0 unspecified atom stereocenters. The Morgan fingerprint density at radius 3 is 2.39 bits per heavy atom. The first kappa shape index (κ1) is 16.2. The first-order chi connectivity index (χ1) is 11.2. The molecule has 0 spiro atoms. The third kappa shape index (κ3) is 4.66. The van der Waals surface area contributed by atoms with Crippen LogP contribution in [-0.2, 0) is 6.54 Å². The standard InChI is InChI=1S/C19H22BrN3/c1-16-6-8-17(9-7-16)15-22-10-12-23(13-11-22)21-14-18-4-2-3-5-19(18)20/h2-9,14H,10-13,15H2,1H3/b21-14+. The van der Waals surface area contributed by atoms with Gasteiger partial charge in [0, 0.05) is 42.8 Å². The molecule has 0 saturated carbocycles. The summed E-state index contributed by atoms with van der Waals surface area (Å²) in [5.41, 5.74) is 3.83. The van der Waals surface area contributed by atoms with E-state index in [-0.39, 0.29) is 0 Å². The van der Waals surface area contributed by atoms with E-state index in [9.17, 15) is 0 Å². The Kier molecular flexibility index (Phi) is 5.47. The minimum absolute atomic E-state index is 0.979. The van der Waals surface area contributed by atoms with Crippen molar-refractivity contribution in [3.05, 3.63) is 69.7 Å². The largest absolute Gasteiger partial charge is 0.295 e. The summed E-state index contributed by atoms with van der Waals surface area (Å²) in [5, 5.41) is 6.78. The Morgan fingerprint density at radius 1 is 1.00 bits per heavy atom. The highest BCUT2D eigenvalue weighted by molar-refractivity contribution is 9.10. The summed E-state index contributed by atoms with van der Waals surface area (Å²) in [7, 11) is 0. The molecule has 0 N–H and O–H groups in total. The summed E-state index contributed by atoms with van der Waals surface area (Å²) in [6.07, 6.45) is 1.94. The van der Waals surface area contributed by atoms with Crippen molar-refractivity contribution in [2.45, 2.75) is 13.5 Å². The highest BCUT2D eigenvalue weighted by atomic mass is 79.9. The molecule has 0 amide bonds. The molecule has 23 heavy (non-hydrogen) atoms. The van der Waals surface area contributed by atoms with Gasteiger partial charge in [0.05, 0.1) is 6.21 Å². The molecule has 4 heteroatoms. The molecule has 0 aliphatic carbocycles. The van der Waals surface area contributed by atoms with Crippen LogP contribution in [0, 0.1) is 6.92 Å². The van der Waals surface area contributed by atoms with Crippen LogP contribution in [0.1, 0.15) is 16.7 Å². The van der Waals surface area contributed by atoms with Gasteiger partial charge in [-0.25, -0.2) is 0 Å². The number of piperazine rings is 1. The summed E-state index contributed by atoms with van der Waals surface area (Å²) in [5.74, 6) is 0. The van der Waals surface area contributed by atoms with Gasteiger partial charge in [-0.2, -0.15) is 5.10 Å². The molecule has 1 aliphatic heterocycles. The van der Waals surface area contributed by atoms with E-state index >= 15 is 0 Å². The Morgan fingerprint density at radius 2 is 1.70 bits per heavy atom. The molecule has 1 aliphatic rings. The molecule has 0 aromatic heterocycles. The minimum atomic E-state index is 0.979. The fourth-order valence-electron chi connectivity index (χ4n) is 2.69. The molecule has 120 valence electrons. The summed E-state index contributed by atoms with van der Waals surface area (Å²) in [6.45, 7) is 7.23. The highest BCUT2D eigenvalue weighted by Gasteiger charge is 2.15.